The van der Waals surface area contributed by atoms with Crippen LogP contribution in [0.4, 0.5) is 5.69 Å². The Morgan fingerprint density at radius 2 is 2.32 bits per heavy atom. The van der Waals surface area contributed by atoms with Crippen molar-refractivity contribution in [3.8, 4) is 0 Å². The van der Waals surface area contributed by atoms with Gasteiger partial charge in [0.1, 0.15) is 0 Å². The van der Waals surface area contributed by atoms with Gasteiger partial charge in [-0.05, 0) is 44.9 Å². The van der Waals surface area contributed by atoms with Crippen LogP contribution in [0.1, 0.15) is 31.4 Å². The Bertz CT molecular complexity index is 395. The lowest BCUT2D eigenvalue weighted by Gasteiger charge is -2.10. The molecule has 4 nitrogen and oxygen atoms in total. The van der Waals surface area contributed by atoms with Crippen molar-refractivity contribution in [2.24, 2.45) is 0 Å². The Kier molecular flexibility index (Phi) is 8.72. The van der Waals surface area contributed by atoms with Crippen LogP contribution in [0.5, 0.6) is 0 Å². The van der Waals surface area contributed by atoms with Crippen LogP contribution in [0.3, 0.4) is 0 Å². The molecule has 1 fully saturated rings. The SMILES string of the molecule is Cc1ncccc1NC(=O)CCC1CCCN1.Cl.Cl. The number of nitrogens with zero attached hydrogens (tertiary/aromatic N) is 1. The highest BCUT2D eigenvalue weighted by Crippen LogP contribution is 2.13. The van der Waals surface area contributed by atoms with Gasteiger partial charge in [-0.2, -0.15) is 0 Å². The summed E-state index contributed by atoms with van der Waals surface area (Å²) in [5.74, 6) is 0.0785. The molecule has 19 heavy (non-hydrogen) atoms. The van der Waals surface area contributed by atoms with Gasteiger partial charge >= 0.3 is 0 Å². The Morgan fingerprint density at radius 3 is 2.95 bits per heavy atom. The lowest BCUT2D eigenvalue weighted by Crippen LogP contribution is -2.23. The number of nitrogens with one attached hydrogen (secondary N) is 2. The summed E-state index contributed by atoms with van der Waals surface area (Å²) in [5, 5.41) is 6.30. The monoisotopic (exact) mass is 305 g/mol. The molecule has 1 aliphatic rings. The first-order valence-electron chi connectivity index (χ1n) is 6.20. The quantitative estimate of drug-likeness (QED) is 0.899. The maximum Gasteiger partial charge on any atom is 0.224 e. The maximum absolute atomic E-state index is 11.8. The van der Waals surface area contributed by atoms with Crippen LogP contribution in [-0.4, -0.2) is 23.5 Å². The molecule has 1 aromatic rings. The lowest BCUT2D eigenvalue weighted by atomic mass is 10.1. The predicted molar refractivity (Wildman–Crippen MR) is 82.4 cm³/mol. The van der Waals surface area contributed by atoms with Crippen molar-refractivity contribution in [2.45, 2.75) is 38.6 Å². The molecule has 2 rings (SSSR count). The average Bonchev–Trinajstić information content (AvgIpc) is 2.82. The third-order valence-electron chi connectivity index (χ3n) is 3.16. The van der Waals surface area contributed by atoms with E-state index in [9.17, 15) is 4.79 Å². The van der Waals surface area contributed by atoms with Crippen LogP contribution in [0, 0.1) is 6.92 Å². The standard InChI is InChI=1S/C13H19N3O.2ClH/c1-10-12(5-3-8-14-10)16-13(17)7-6-11-4-2-9-15-11;;/h3,5,8,11,15H,2,4,6-7,9H2,1H3,(H,16,17);2*1H. The summed E-state index contributed by atoms with van der Waals surface area (Å²) in [5.41, 5.74) is 1.68. The zero-order valence-corrected chi connectivity index (χ0v) is 12.6. The molecular formula is C13H21Cl2N3O. The Labute approximate surface area is 126 Å². The van der Waals surface area contributed by atoms with E-state index >= 15 is 0 Å². The van der Waals surface area contributed by atoms with E-state index in [-0.39, 0.29) is 30.7 Å². The molecule has 0 spiro atoms. The summed E-state index contributed by atoms with van der Waals surface area (Å²) in [6, 6.07) is 4.24. The number of hydrogen-bond donors (Lipinski definition) is 2. The minimum absolute atomic E-state index is 0. The number of rotatable bonds is 4. The van der Waals surface area contributed by atoms with Crippen LogP contribution in [0.15, 0.2) is 18.3 Å². The molecule has 1 aromatic heterocycles. The summed E-state index contributed by atoms with van der Waals surface area (Å²) >= 11 is 0. The molecular weight excluding hydrogens is 285 g/mol. The van der Waals surface area contributed by atoms with Crippen molar-refractivity contribution in [1.29, 1.82) is 0 Å². The fraction of sp³-hybridized carbons (Fsp3) is 0.538. The average molecular weight is 306 g/mol. The van der Waals surface area contributed by atoms with Gasteiger partial charge in [0.2, 0.25) is 5.91 Å². The van der Waals surface area contributed by atoms with Crippen LogP contribution >= 0.6 is 24.8 Å². The maximum atomic E-state index is 11.8. The molecule has 6 heteroatoms. The second-order valence-corrected chi connectivity index (χ2v) is 4.52. The van der Waals surface area contributed by atoms with Crippen LogP contribution in [-0.2, 0) is 4.79 Å². The molecule has 2 heterocycles. The fourth-order valence-corrected chi connectivity index (χ4v) is 2.14. The minimum atomic E-state index is 0. The molecule has 1 unspecified atom stereocenters. The summed E-state index contributed by atoms with van der Waals surface area (Å²) in [7, 11) is 0. The molecule has 1 atom stereocenters. The zero-order valence-electron chi connectivity index (χ0n) is 11.0. The first kappa shape index (κ1) is 18.2. The highest BCUT2D eigenvalue weighted by atomic mass is 35.5. The third-order valence-corrected chi connectivity index (χ3v) is 3.16. The highest BCUT2D eigenvalue weighted by Gasteiger charge is 2.15. The molecule has 0 radical (unpaired) electrons. The molecule has 108 valence electrons. The van der Waals surface area contributed by atoms with E-state index in [1.807, 2.05) is 19.1 Å². The highest BCUT2D eigenvalue weighted by molar-refractivity contribution is 5.91. The summed E-state index contributed by atoms with van der Waals surface area (Å²) in [6.45, 7) is 2.99. The summed E-state index contributed by atoms with van der Waals surface area (Å²) < 4.78 is 0. The van der Waals surface area contributed by atoms with Crippen molar-refractivity contribution in [1.82, 2.24) is 10.3 Å². The number of aromatic nitrogens is 1. The predicted octanol–water partition coefficient (Wildman–Crippen LogP) is 2.70. The first-order chi connectivity index (χ1) is 8.25. The van der Waals surface area contributed by atoms with E-state index in [1.165, 1.54) is 12.8 Å². The Morgan fingerprint density at radius 1 is 1.53 bits per heavy atom. The van der Waals surface area contributed by atoms with Crippen LogP contribution < -0.4 is 10.6 Å². The molecule has 1 aliphatic heterocycles. The number of anilines is 1. The van der Waals surface area contributed by atoms with Gasteiger partial charge in [0.05, 0.1) is 11.4 Å². The van der Waals surface area contributed by atoms with Crippen molar-refractivity contribution < 1.29 is 4.79 Å². The van der Waals surface area contributed by atoms with E-state index in [0.29, 0.717) is 12.5 Å². The molecule has 0 saturated carbocycles. The van der Waals surface area contributed by atoms with Gasteiger partial charge in [-0.3, -0.25) is 9.78 Å². The summed E-state index contributed by atoms with van der Waals surface area (Å²) in [4.78, 5) is 15.9. The fourth-order valence-electron chi connectivity index (χ4n) is 2.14. The topological polar surface area (TPSA) is 54.0 Å². The second kappa shape index (κ2) is 9.13. The van der Waals surface area contributed by atoms with Gasteiger partial charge < -0.3 is 10.6 Å². The van der Waals surface area contributed by atoms with Crippen LogP contribution in [0.2, 0.25) is 0 Å². The first-order valence-corrected chi connectivity index (χ1v) is 6.20. The van der Waals surface area contributed by atoms with Crippen molar-refractivity contribution >= 4 is 36.4 Å². The molecule has 1 saturated heterocycles. The molecule has 2 N–H and O–H groups in total. The van der Waals surface area contributed by atoms with E-state index in [0.717, 1.165) is 24.3 Å². The number of amides is 1. The third kappa shape index (κ3) is 5.76. The van der Waals surface area contributed by atoms with Gasteiger partial charge in [0.15, 0.2) is 0 Å². The van der Waals surface area contributed by atoms with Gasteiger partial charge in [-0.1, -0.05) is 0 Å². The number of carbonyl (C=O) groups is 1. The Balaban J connectivity index is 0.00000162. The van der Waals surface area contributed by atoms with Gasteiger partial charge in [-0.15, -0.1) is 24.8 Å². The van der Waals surface area contributed by atoms with Gasteiger partial charge in [0.25, 0.3) is 0 Å². The van der Waals surface area contributed by atoms with Gasteiger partial charge in [-0.25, -0.2) is 0 Å². The second-order valence-electron chi connectivity index (χ2n) is 4.52. The van der Waals surface area contributed by atoms with E-state index < -0.39 is 0 Å². The molecule has 1 amide bonds. The van der Waals surface area contributed by atoms with Crippen LogP contribution in [0.25, 0.3) is 0 Å². The molecule has 0 bridgehead atoms. The Hall–Kier alpha value is -0.840. The zero-order chi connectivity index (χ0) is 12.1. The van der Waals surface area contributed by atoms with E-state index in [2.05, 4.69) is 15.6 Å². The lowest BCUT2D eigenvalue weighted by molar-refractivity contribution is -0.116. The van der Waals surface area contributed by atoms with Gasteiger partial charge in [0, 0.05) is 18.7 Å². The van der Waals surface area contributed by atoms with Crippen molar-refractivity contribution in [3.05, 3.63) is 24.0 Å². The smallest absolute Gasteiger partial charge is 0.224 e. The number of hydrogen-bond acceptors (Lipinski definition) is 3. The summed E-state index contributed by atoms with van der Waals surface area (Å²) in [6.07, 6.45) is 5.65. The normalized spacial score (nSPS) is 17.2. The molecule has 0 aromatic carbocycles. The number of halogens is 2. The number of aryl methyl sites for hydroxylation is 1. The number of carbonyl (C=O) groups excluding carboxylic acids is 1. The largest absolute Gasteiger partial charge is 0.325 e. The van der Waals surface area contributed by atoms with E-state index in [1.54, 1.807) is 6.20 Å². The van der Waals surface area contributed by atoms with Crippen molar-refractivity contribution in [3.63, 3.8) is 0 Å². The van der Waals surface area contributed by atoms with Crippen molar-refractivity contribution in [2.75, 3.05) is 11.9 Å². The number of pyridine rings is 1. The molecule has 0 aliphatic carbocycles. The minimum Gasteiger partial charge on any atom is -0.325 e. The van der Waals surface area contributed by atoms with E-state index in [4.69, 9.17) is 0 Å².